The largest absolute Gasteiger partial charge is 0.352 e. The second-order valence-electron chi connectivity index (χ2n) is 9.65. The highest BCUT2D eigenvalue weighted by Gasteiger charge is 2.34. The third-order valence-corrected chi connectivity index (χ3v) is 8.96. The summed E-state index contributed by atoms with van der Waals surface area (Å²) in [6.45, 7) is 7.00. The highest BCUT2D eigenvalue weighted by molar-refractivity contribution is 7.92. The van der Waals surface area contributed by atoms with E-state index in [0.29, 0.717) is 22.0 Å². The normalized spacial score (nSPS) is 12.8. The molecule has 0 bridgehead atoms. The van der Waals surface area contributed by atoms with Crippen molar-refractivity contribution in [1.29, 1.82) is 0 Å². The molecule has 0 aliphatic heterocycles. The Kier molecular flexibility index (Phi) is 11.0. The number of anilines is 1. The van der Waals surface area contributed by atoms with Gasteiger partial charge >= 0.3 is 0 Å². The molecule has 0 heterocycles. The second kappa shape index (κ2) is 14.0. The van der Waals surface area contributed by atoms with Gasteiger partial charge in [0.05, 0.1) is 10.6 Å². The lowest BCUT2D eigenvalue weighted by Gasteiger charge is -2.34. The number of carbonyl (C=O) groups excluding carboxylic acids is 2. The lowest BCUT2D eigenvalue weighted by atomic mass is 10.1. The molecule has 3 aromatic carbocycles. The summed E-state index contributed by atoms with van der Waals surface area (Å²) in [6, 6.07) is 18.9. The number of hydrogen-bond donors (Lipinski definition) is 1. The first-order valence-electron chi connectivity index (χ1n) is 13.2. The van der Waals surface area contributed by atoms with Gasteiger partial charge in [-0.25, -0.2) is 8.42 Å². The fourth-order valence-electron chi connectivity index (χ4n) is 4.23. The van der Waals surface area contributed by atoms with Gasteiger partial charge in [0, 0.05) is 22.6 Å². The van der Waals surface area contributed by atoms with Gasteiger partial charge in [0.15, 0.2) is 0 Å². The molecule has 3 rings (SSSR count). The molecule has 0 spiro atoms. The summed E-state index contributed by atoms with van der Waals surface area (Å²) in [7, 11) is -4.17. The Hall–Kier alpha value is -3.07. The van der Waals surface area contributed by atoms with E-state index < -0.39 is 28.5 Å². The van der Waals surface area contributed by atoms with Crippen LogP contribution in [0, 0.1) is 6.92 Å². The Bertz CT molecular complexity index is 1420. The van der Waals surface area contributed by atoms with Crippen LogP contribution in [0.1, 0.15) is 44.7 Å². The minimum absolute atomic E-state index is 0.0352. The third kappa shape index (κ3) is 7.77. The standard InChI is InChI=1S/C30H35Cl2N3O4S/c1-5-22(4)33-30(37)27(6-2)34(19-23-13-16-24(31)17-14-23)29(36)20-35(28-18-25(32)15-12-21(28)3)40(38,39)26-10-8-7-9-11-26/h7-18,22,27H,5-6,19-20H2,1-4H3,(H,33,37)/t22-,27-/m0/s1. The zero-order valence-corrected chi connectivity index (χ0v) is 25.4. The summed E-state index contributed by atoms with van der Waals surface area (Å²) in [5.41, 5.74) is 1.67. The molecule has 1 N–H and O–H groups in total. The van der Waals surface area contributed by atoms with Crippen molar-refractivity contribution in [3.8, 4) is 0 Å². The van der Waals surface area contributed by atoms with Crippen LogP contribution < -0.4 is 9.62 Å². The molecule has 214 valence electrons. The first kappa shape index (κ1) is 31.5. The van der Waals surface area contributed by atoms with Crippen LogP contribution >= 0.6 is 23.2 Å². The van der Waals surface area contributed by atoms with E-state index in [9.17, 15) is 18.0 Å². The number of carbonyl (C=O) groups is 2. The van der Waals surface area contributed by atoms with E-state index in [2.05, 4.69) is 5.32 Å². The van der Waals surface area contributed by atoms with Crippen LogP contribution in [0.5, 0.6) is 0 Å². The second-order valence-corrected chi connectivity index (χ2v) is 12.4. The predicted molar refractivity (Wildman–Crippen MR) is 161 cm³/mol. The molecule has 7 nitrogen and oxygen atoms in total. The molecule has 0 radical (unpaired) electrons. The van der Waals surface area contributed by atoms with Crippen LogP contribution in [0.15, 0.2) is 77.7 Å². The molecule has 2 atom stereocenters. The molecular weight excluding hydrogens is 569 g/mol. The molecular formula is C30H35Cl2N3O4S. The molecule has 0 saturated heterocycles. The Labute approximate surface area is 247 Å². The SMILES string of the molecule is CC[C@H](C)NC(=O)[C@H](CC)N(Cc1ccc(Cl)cc1)C(=O)CN(c1cc(Cl)ccc1C)S(=O)(=O)c1ccccc1. The number of amides is 2. The number of sulfonamides is 1. The highest BCUT2D eigenvalue weighted by atomic mass is 35.5. The van der Waals surface area contributed by atoms with Crippen molar-refractivity contribution >= 4 is 50.7 Å². The van der Waals surface area contributed by atoms with Crippen molar-refractivity contribution in [1.82, 2.24) is 10.2 Å². The third-order valence-electron chi connectivity index (χ3n) is 6.70. The molecule has 0 aromatic heterocycles. The van der Waals surface area contributed by atoms with Crippen molar-refractivity contribution in [3.63, 3.8) is 0 Å². The minimum Gasteiger partial charge on any atom is -0.352 e. The highest BCUT2D eigenvalue weighted by Crippen LogP contribution is 2.30. The van der Waals surface area contributed by atoms with Gasteiger partial charge in [-0.1, -0.05) is 73.4 Å². The van der Waals surface area contributed by atoms with Crippen LogP contribution in [-0.2, 0) is 26.2 Å². The topological polar surface area (TPSA) is 86.8 Å². The van der Waals surface area contributed by atoms with E-state index in [0.717, 1.165) is 16.3 Å². The van der Waals surface area contributed by atoms with E-state index in [4.69, 9.17) is 23.2 Å². The summed E-state index contributed by atoms with van der Waals surface area (Å²) in [6.07, 6.45) is 1.06. The van der Waals surface area contributed by atoms with E-state index in [1.807, 2.05) is 20.8 Å². The van der Waals surface area contributed by atoms with Gasteiger partial charge in [0.2, 0.25) is 11.8 Å². The molecule has 10 heteroatoms. The average molecular weight is 605 g/mol. The summed E-state index contributed by atoms with van der Waals surface area (Å²) in [5.74, 6) is -0.824. The fourth-order valence-corrected chi connectivity index (χ4v) is 6.02. The smallest absolute Gasteiger partial charge is 0.264 e. The van der Waals surface area contributed by atoms with Gasteiger partial charge in [-0.2, -0.15) is 0 Å². The average Bonchev–Trinajstić information content (AvgIpc) is 2.94. The molecule has 2 amide bonds. The van der Waals surface area contributed by atoms with Crippen LogP contribution in [-0.4, -0.2) is 43.8 Å². The van der Waals surface area contributed by atoms with Gasteiger partial charge < -0.3 is 10.2 Å². The Morgan fingerprint density at radius 1 is 0.900 bits per heavy atom. The van der Waals surface area contributed by atoms with Crippen LogP contribution in [0.25, 0.3) is 0 Å². The molecule has 0 saturated carbocycles. The lowest BCUT2D eigenvalue weighted by Crippen LogP contribution is -2.53. The van der Waals surface area contributed by atoms with E-state index in [1.54, 1.807) is 61.5 Å². The maximum Gasteiger partial charge on any atom is 0.264 e. The molecule has 0 aliphatic rings. The number of nitrogens with one attached hydrogen (secondary N) is 1. The summed E-state index contributed by atoms with van der Waals surface area (Å²) < 4.78 is 28.9. The summed E-state index contributed by atoms with van der Waals surface area (Å²) in [5, 5.41) is 3.84. The molecule has 40 heavy (non-hydrogen) atoms. The predicted octanol–water partition coefficient (Wildman–Crippen LogP) is 6.22. The summed E-state index contributed by atoms with van der Waals surface area (Å²) >= 11 is 12.3. The Morgan fingerprint density at radius 2 is 1.52 bits per heavy atom. The summed E-state index contributed by atoms with van der Waals surface area (Å²) in [4.78, 5) is 28.9. The number of aryl methyl sites for hydroxylation is 1. The van der Waals surface area contributed by atoms with Crippen molar-refractivity contribution in [2.45, 2.75) is 64.1 Å². The van der Waals surface area contributed by atoms with Crippen LogP contribution in [0.3, 0.4) is 0 Å². The van der Waals surface area contributed by atoms with Gasteiger partial charge in [0.25, 0.3) is 10.0 Å². The number of nitrogens with zero attached hydrogens (tertiary/aromatic N) is 2. The first-order valence-corrected chi connectivity index (χ1v) is 15.4. The maximum absolute atomic E-state index is 14.1. The van der Waals surface area contributed by atoms with Crippen molar-refractivity contribution in [3.05, 3.63) is 94.0 Å². The van der Waals surface area contributed by atoms with Crippen molar-refractivity contribution < 1.29 is 18.0 Å². The zero-order valence-electron chi connectivity index (χ0n) is 23.1. The van der Waals surface area contributed by atoms with Gasteiger partial charge in [-0.3, -0.25) is 13.9 Å². The van der Waals surface area contributed by atoms with E-state index >= 15 is 0 Å². The van der Waals surface area contributed by atoms with Crippen molar-refractivity contribution in [2.75, 3.05) is 10.8 Å². The zero-order chi connectivity index (χ0) is 29.4. The Balaban J connectivity index is 2.08. The van der Waals surface area contributed by atoms with Gasteiger partial charge in [-0.05, 0) is 74.2 Å². The molecule has 0 fully saturated rings. The minimum atomic E-state index is -4.17. The lowest BCUT2D eigenvalue weighted by molar-refractivity contribution is -0.140. The quantitative estimate of drug-likeness (QED) is 0.266. The number of benzene rings is 3. The molecule has 0 unspecified atom stereocenters. The molecule has 0 aliphatic carbocycles. The number of halogens is 2. The number of rotatable bonds is 12. The Morgan fingerprint density at radius 3 is 2.12 bits per heavy atom. The van der Waals surface area contributed by atoms with Crippen LogP contribution in [0.2, 0.25) is 10.0 Å². The van der Waals surface area contributed by atoms with E-state index in [-0.39, 0.29) is 29.1 Å². The molecule has 3 aromatic rings. The maximum atomic E-state index is 14.1. The van der Waals surface area contributed by atoms with Crippen molar-refractivity contribution in [2.24, 2.45) is 0 Å². The first-order chi connectivity index (χ1) is 19.0. The monoisotopic (exact) mass is 603 g/mol. The number of hydrogen-bond acceptors (Lipinski definition) is 4. The van der Waals surface area contributed by atoms with E-state index in [1.165, 1.54) is 23.1 Å². The van der Waals surface area contributed by atoms with Gasteiger partial charge in [-0.15, -0.1) is 0 Å². The van der Waals surface area contributed by atoms with Gasteiger partial charge in [0.1, 0.15) is 12.6 Å². The van der Waals surface area contributed by atoms with Crippen LogP contribution in [0.4, 0.5) is 5.69 Å². The fraction of sp³-hybridized carbons (Fsp3) is 0.333.